The van der Waals surface area contributed by atoms with Gasteiger partial charge in [0, 0.05) is 24.5 Å². The lowest BCUT2D eigenvalue weighted by molar-refractivity contribution is 0.252. The Labute approximate surface area is 167 Å². The van der Waals surface area contributed by atoms with Crippen LogP contribution in [-0.4, -0.2) is 43.2 Å². The minimum atomic E-state index is -0.353. The molecule has 3 rings (SSSR count). The van der Waals surface area contributed by atoms with Crippen LogP contribution in [0.4, 0.5) is 22.1 Å². The number of nitrogen functional groups attached to an aromatic ring is 1. The second-order valence-electron chi connectivity index (χ2n) is 5.94. The summed E-state index contributed by atoms with van der Waals surface area (Å²) in [5, 5.41) is 17.5. The lowest BCUT2D eigenvalue weighted by atomic mass is 10.2. The van der Waals surface area contributed by atoms with E-state index in [1.54, 1.807) is 35.3 Å². The molecule has 29 heavy (non-hydrogen) atoms. The summed E-state index contributed by atoms with van der Waals surface area (Å²) < 4.78 is 1.72. The lowest BCUT2D eigenvalue weighted by Crippen LogP contribution is -2.28. The quantitative estimate of drug-likeness (QED) is 0.528. The Kier molecular flexibility index (Phi) is 6.25. The Morgan fingerprint density at radius 1 is 1.38 bits per heavy atom. The van der Waals surface area contributed by atoms with Crippen LogP contribution in [0.5, 0.6) is 0 Å². The molecule has 0 radical (unpaired) electrons. The molecule has 0 saturated heterocycles. The monoisotopic (exact) mass is 391 g/mol. The zero-order valence-corrected chi connectivity index (χ0v) is 15.9. The van der Waals surface area contributed by atoms with Crippen LogP contribution in [0.15, 0.2) is 60.5 Å². The number of hydrogen-bond donors (Lipinski definition) is 3. The SMILES string of the molecule is C=CC(=Nc1nc(NC(=O)NCC)ccc1N)c1cnn(Cc2cccnn2)c1. The zero-order chi connectivity index (χ0) is 20.6. The van der Waals surface area contributed by atoms with Crippen molar-refractivity contribution in [1.82, 2.24) is 30.3 Å². The van der Waals surface area contributed by atoms with E-state index in [0.717, 1.165) is 11.3 Å². The fraction of sp³-hybridized carbons (Fsp3) is 0.158. The van der Waals surface area contributed by atoms with Crippen molar-refractivity contribution in [2.45, 2.75) is 13.5 Å². The molecule has 3 heterocycles. The Morgan fingerprint density at radius 3 is 2.97 bits per heavy atom. The van der Waals surface area contributed by atoms with Crippen LogP contribution in [0.1, 0.15) is 18.2 Å². The average molecular weight is 391 g/mol. The molecule has 3 aromatic heterocycles. The number of hydrogen-bond acceptors (Lipinski definition) is 7. The van der Waals surface area contributed by atoms with E-state index in [9.17, 15) is 4.79 Å². The summed E-state index contributed by atoms with van der Waals surface area (Å²) in [5.41, 5.74) is 8.45. The van der Waals surface area contributed by atoms with Crippen LogP contribution >= 0.6 is 0 Å². The molecule has 10 heteroatoms. The highest BCUT2D eigenvalue weighted by Crippen LogP contribution is 2.23. The summed E-state index contributed by atoms with van der Waals surface area (Å²) in [6.07, 6.45) is 6.70. The topological polar surface area (TPSA) is 136 Å². The molecule has 148 valence electrons. The van der Waals surface area contributed by atoms with E-state index in [1.807, 2.05) is 25.3 Å². The number of pyridine rings is 1. The molecule has 2 amide bonds. The molecule has 0 aliphatic rings. The molecule has 4 N–H and O–H groups in total. The fourth-order valence-corrected chi connectivity index (χ4v) is 2.45. The molecule has 3 aromatic rings. The minimum absolute atomic E-state index is 0.274. The van der Waals surface area contributed by atoms with E-state index in [0.29, 0.717) is 30.3 Å². The number of nitrogens with zero attached hydrogens (tertiary/aromatic N) is 6. The standard InChI is InChI=1S/C19H21N9O/c1-3-16(13-10-23-28(11-13)12-14-6-5-9-22-27-14)24-18-15(20)7-8-17(25-18)26-19(29)21-4-2/h3,5-11H,1,4,12,20H2,2H3,(H2,21,25,26,29). The predicted molar refractivity (Wildman–Crippen MR) is 111 cm³/mol. The van der Waals surface area contributed by atoms with E-state index >= 15 is 0 Å². The Bertz CT molecular complexity index is 1030. The molecule has 0 aliphatic heterocycles. The molecular weight excluding hydrogens is 370 g/mol. The van der Waals surface area contributed by atoms with Crippen molar-refractivity contribution < 1.29 is 4.79 Å². The van der Waals surface area contributed by atoms with Crippen LogP contribution in [0.25, 0.3) is 0 Å². The van der Waals surface area contributed by atoms with Gasteiger partial charge in [-0.3, -0.25) is 10.00 Å². The molecule has 0 saturated carbocycles. The first-order chi connectivity index (χ1) is 14.1. The summed E-state index contributed by atoms with van der Waals surface area (Å²) in [5.74, 6) is 0.613. The molecule has 0 bridgehead atoms. The van der Waals surface area contributed by atoms with Crippen LogP contribution in [0.2, 0.25) is 0 Å². The highest BCUT2D eigenvalue weighted by atomic mass is 16.2. The fourth-order valence-electron chi connectivity index (χ4n) is 2.45. The number of carbonyl (C=O) groups is 1. The van der Waals surface area contributed by atoms with Crippen molar-refractivity contribution in [2.24, 2.45) is 4.99 Å². The summed E-state index contributed by atoms with van der Waals surface area (Å²) in [7, 11) is 0. The van der Waals surface area contributed by atoms with Gasteiger partial charge >= 0.3 is 6.03 Å². The van der Waals surface area contributed by atoms with E-state index in [4.69, 9.17) is 5.73 Å². The lowest BCUT2D eigenvalue weighted by Gasteiger charge is -2.07. The zero-order valence-electron chi connectivity index (χ0n) is 15.9. The maximum atomic E-state index is 11.7. The molecule has 0 aliphatic carbocycles. The molecule has 0 unspecified atom stereocenters. The van der Waals surface area contributed by atoms with Crippen LogP contribution in [0, 0.1) is 0 Å². The van der Waals surface area contributed by atoms with Gasteiger partial charge in [-0.25, -0.2) is 14.8 Å². The molecule has 0 atom stereocenters. The number of allylic oxidation sites excluding steroid dienone is 1. The molecule has 10 nitrogen and oxygen atoms in total. The van der Waals surface area contributed by atoms with Gasteiger partial charge in [-0.1, -0.05) is 6.58 Å². The predicted octanol–water partition coefficient (Wildman–Crippen LogP) is 2.15. The third-order valence-corrected chi connectivity index (χ3v) is 3.78. The van der Waals surface area contributed by atoms with Crippen molar-refractivity contribution in [3.8, 4) is 0 Å². The van der Waals surface area contributed by atoms with Gasteiger partial charge in [-0.15, -0.1) is 0 Å². The smallest absolute Gasteiger partial charge is 0.320 e. The van der Waals surface area contributed by atoms with Crippen molar-refractivity contribution in [3.05, 3.63) is 66.8 Å². The first kappa shape index (κ1) is 19.7. The number of nitrogens with one attached hydrogen (secondary N) is 2. The van der Waals surface area contributed by atoms with Crippen molar-refractivity contribution in [3.63, 3.8) is 0 Å². The highest BCUT2D eigenvalue weighted by molar-refractivity contribution is 6.09. The van der Waals surface area contributed by atoms with Gasteiger partial charge in [0.15, 0.2) is 5.82 Å². The van der Waals surface area contributed by atoms with Crippen molar-refractivity contribution in [1.29, 1.82) is 0 Å². The van der Waals surface area contributed by atoms with Gasteiger partial charge in [0.05, 0.1) is 29.8 Å². The number of anilines is 2. The maximum absolute atomic E-state index is 11.7. The number of rotatable bonds is 7. The van der Waals surface area contributed by atoms with Crippen molar-refractivity contribution >= 4 is 29.1 Å². The second kappa shape index (κ2) is 9.22. The van der Waals surface area contributed by atoms with Gasteiger partial charge in [0.25, 0.3) is 0 Å². The number of amides is 2. The van der Waals surface area contributed by atoms with Gasteiger partial charge in [0.1, 0.15) is 5.82 Å². The average Bonchev–Trinajstić information content (AvgIpc) is 3.17. The highest BCUT2D eigenvalue weighted by Gasteiger charge is 2.09. The molecular formula is C19H21N9O. The van der Waals surface area contributed by atoms with Gasteiger partial charge in [-0.05, 0) is 37.3 Å². The summed E-state index contributed by atoms with van der Waals surface area (Å²) in [6.45, 7) is 6.62. The van der Waals surface area contributed by atoms with E-state index < -0.39 is 0 Å². The van der Waals surface area contributed by atoms with Gasteiger partial charge in [-0.2, -0.15) is 15.3 Å². The first-order valence-corrected chi connectivity index (χ1v) is 8.91. The largest absolute Gasteiger partial charge is 0.396 e. The van der Waals surface area contributed by atoms with Crippen LogP contribution < -0.4 is 16.4 Å². The van der Waals surface area contributed by atoms with Crippen molar-refractivity contribution in [2.75, 3.05) is 17.6 Å². The van der Waals surface area contributed by atoms with Gasteiger partial charge < -0.3 is 11.1 Å². The van der Waals surface area contributed by atoms with E-state index in [1.165, 1.54) is 0 Å². The summed E-state index contributed by atoms with van der Waals surface area (Å²) in [6, 6.07) is 6.57. The van der Waals surface area contributed by atoms with Gasteiger partial charge in [0.2, 0.25) is 0 Å². The third kappa shape index (κ3) is 5.22. The maximum Gasteiger partial charge on any atom is 0.320 e. The van der Waals surface area contributed by atoms with E-state index in [-0.39, 0.29) is 11.8 Å². The van der Waals surface area contributed by atoms with E-state index in [2.05, 4.69) is 42.5 Å². The number of carbonyl (C=O) groups excluding carboxylic acids is 1. The first-order valence-electron chi connectivity index (χ1n) is 8.91. The number of aliphatic imine (C=N–C) groups is 1. The normalized spacial score (nSPS) is 11.1. The molecule has 0 spiro atoms. The van der Waals surface area contributed by atoms with Crippen LogP contribution in [-0.2, 0) is 6.54 Å². The Balaban J connectivity index is 1.82. The Hall–Kier alpha value is -4.08. The molecule has 0 aromatic carbocycles. The Morgan fingerprint density at radius 2 is 2.24 bits per heavy atom. The number of urea groups is 1. The van der Waals surface area contributed by atoms with Crippen LogP contribution in [0.3, 0.4) is 0 Å². The summed E-state index contributed by atoms with van der Waals surface area (Å²) in [4.78, 5) is 20.5. The minimum Gasteiger partial charge on any atom is -0.396 e. The number of nitrogens with two attached hydrogens (primary N) is 1. The summed E-state index contributed by atoms with van der Waals surface area (Å²) >= 11 is 0. The number of aromatic nitrogens is 5. The third-order valence-electron chi connectivity index (χ3n) is 3.78. The second-order valence-corrected chi connectivity index (χ2v) is 5.94. The molecule has 0 fully saturated rings.